The molecule has 0 bridgehead atoms. The molecule has 0 amide bonds. The lowest BCUT2D eigenvalue weighted by Gasteiger charge is -2.06. The molecule has 1 aliphatic rings. The van der Waals surface area contributed by atoms with Gasteiger partial charge in [-0.1, -0.05) is 6.07 Å². The van der Waals surface area contributed by atoms with Crippen molar-refractivity contribution in [3.63, 3.8) is 0 Å². The number of nitrogens with zero attached hydrogens (tertiary/aromatic N) is 2. The first-order chi connectivity index (χ1) is 11.6. The fraction of sp³-hybridized carbons (Fsp3) is 0.278. The van der Waals surface area contributed by atoms with Crippen LogP contribution in [-0.2, 0) is 4.74 Å². The second-order valence-corrected chi connectivity index (χ2v) is 6.87. The third-order valence-electron chi connectivity index (χ3n) is 4.43. The quantitative estimate of drug-likeness (QED) is 0.670. The zero-order chi connectivity index (χ0) is 16.8. The number of methoxy groups -OCH3 is 1. The maximum absolute atomic E-state index is 14.4. The lowest BCUT2D eigenvalue weighted by atomic mass is 10.0. The van der Waals surface area contributed by atoms with Gasteiger partial charge in [0.1, 0.15) is 16.5 Å². The highest BCUT2D eigenvalue weighted by atomic mass is 32.1. The first kappa shape index (κ1) is 15.2. The zero-order valence-corrected chi connectivity index (χ0v) is 14.1. The van der Waals surface area contributed by atoms with Gasteiger partial charge in [-0.25, -0.2) is 19.2 Å². The topological polar surface area (TPSA) is 52.1 Å². The molecule has 6 heteroatoms. The number of carbonyl (C=O) groups excluding carboxylic acids is 1. The summed E-state index contributed by atoms with van der Waals surface area (Å²) in [6.45, 7) is 1.88. The van der Waals surface area contributed by atoms with E-state index in [0.29, 0.717) is 5.56 Å². The van der Waals surface area contributed by atoms with Gasteiger partial charge in [-0.15, -0.1) is 11.3 Å². The Morgan fingerprint density at radius 2 is 2.12 bits per heavy atom. The minimum absolute atomic E-state index is 0.0918. The SMILES string of the molecule is COC(=O)c1ccc(C2CC2c2nc(C)nc3sccc23)c(F)c1. The van der Waals surface area contributed by atoms with E-state index in [0.717, 1.165) is 28.2 Å². The Kier molecular flexibility index (Phi) is 3.57. The van der Waals surface area contributed by atoms with Gasteiger partial charge in [0.05, 0.1) is 18.4 Å². The van der Waals surface area contributed by atoms with Gasteiger partial charge in [-0.05, 0) is 48.4 Å². The number of esters is 1. The average Bonchev–Trinajstić information content (AvgIpc) is 3.22. The Morgan fingerprint density at radius 3 is 2.88 bits per heavy atom. The fourth-order valence-electron chi connectivity index (χ4n) is 3.19. The molecule has 122 valence electrons. The summed E-state index contributed by atoms with van der Waals surface area (Å²) in [4.78, 5) is 21.5. The van der Waals surface area contributed by atoms with E-state index in [1.807, 2.05) is 18.4 Å². The van der Waals surface area contributed by atoms with Crippen LogP contribution in [0.3, 0.4) is 0 Å². The van der Waals surface area contributed by atoms with Gasteiger partial charge in [0.25, 0.3) is 0 Å². The minimum atomic E-state index is -0.529. The van der Waals surface area contributed by atoms with E-state index in [-0.39, 0.29) is 23.2 Å². The van der Waals surface area contributed by atoms with Crippen molar-refractivity contribution in [3.8, 4) is 0 Å². The number of hydrogen-bond donors (Lipinski definition) is 0. The Balaban J connectivity index is 1.66. The number of carbonyl (C=O) groups is 1. The Labute approximate surface area is 142 Å². The number of fused-ring (bicyclic) bond motifs is 1. The minimum Gasteiger partial charge on any atom is -0.465 e. The highest BCUT2D eigenvalue weighted by Crippen LogP contribution is 2.56. The number of rotatable bonds is 3. The maximum Gasteiger partial charge on any atom is 0.337 e. The molecule has 0 radical (unpaired) electrons. The van der Waals surface area contributed by atoms with E-state index in [4.69, 9.17) is 0 Å². The molecule has 1 fully saturated rings. The van der Waals surface area contributed by atoms with Crippen LogP contribution < -0.4 is 0 Å². The molecule has 1 saturated carbocycles. The summed E-state index contributed by atoms with van der Waals surface area (Å²) in [5.74, 6) is 0.139. The molecule has 0 aliphatic heterocycles. The molecule has 0 spiro atoms. The van der Waals surface area contributed by atoms with E-state index in [1.165, 1.54) is 13.2 Å². The van der Waals surface area contributed by atoms with Crippen LogP contribution in [0.4, 0.5) is 4.39 Å². The molecule has 4 rings (SSSR count). The zero-order valence-electron chi connectivity index (χ0n) is 13.2. The van der Waals surface area contributed by atoms with Crippen LogP contribution in [0.5, 0.6) is 0 Å². The van der Waals surface area contributed by atoms with E-state index in [2.05, 4.69) is 14.7 Å². The van der Waals surface area contributed by atoms with E-state index >= 15 is 0 Å². The monoisotopic (exact) mass is 342 g/mol. The summed E-state index contributed by atoms with van der Waals surface area (Å²) in [6, 6.07) is 6.58. The van der Waals surface area contributed by atoms with E-state index in [1.54, 1.807) is 23.5 Å². The summed E-state index contributed by atoms with van der Waals surface area (Å²) in [5, 5.41) is 3.07. The maximum atomic E-state index is 14.4. The average molecular weight is 342 g/mol. The lowest BCUT2D eigenvalue weighted by Crippen LogP contribution is -2.03. The fourth-order valence-corrected chi connectivity index (χ4v) is 4.00. The van der Waals surface area contributed by atoms with Gasteiger partial charge in [0.15, 0.2) is 0 Å². The van der Waals surface area contributed by atoms with Crippen molar-refractivity contribution >= 4 is 27.5 Å². The molecule has 2 unspecified atom stereocenters. The summed E-state index contributed by atoms with van der Waals surface area (Å²) >= 11 is 1.59. The second kappa shape index (κ2) is 5.63. The Hall–Kier alpha value is -2.34. The molecule has 24 heavy (non-hydrogen) atoms. The van der Waals surface area contributed by atoms with Crippen molar-refractivity contribution in [2.24, 2.45) is 0 Å². The molecule has 3 aromatic rings. The van der Waals surface area contributed by atoms with Gasteiger partial charge in [-0.3, -0.25) is 0 Å². The molecular formula is C18H15FN2O2S. The van der Waals surface area contributed by atoms with Crippen LogP contribution in [-0.4, -0.2) is 23.0 Å². The van der Waals surface area contributed by atoms with Crippen LogP contribution >= 0.6 is 11.3 Å². The number of ether oxygens (including phenoxy) is 1. The van der Waals surface area contributed by atoms with Crippen LogP contribution in [0.2, 0.25) is 0 Å². The van der Waals surface area contributed by atoms with Gasteiger partial charge in [0, 0.05) is 11.3 Å². The molecule has 2 atom stereocenters. The van der Waals surface area contributed by atoms with Crippen molar-refractivity contribution in [3.05, 3.63) is 58.1 Å². The molecule has 4 nitrogen and oxygen atoms in total. The largest absolute Gasteiger partial charge is 0.465 e. The van der Waals surface area contributed by atoms with Crippen molar-refractivity contribution in [1.82, 2.24) is 9.97 Å². The Morgan fingerprint density at radius 1 is 1.29 bits per heavy atom. The third-order valence-corrected chi connectivity index (χ3v) is 5.24. The van der Waals surface area contributed by atoms with Crippen LogP contribution in [0, 0.1) is 12.7 Å². The predicted octanol–water partition coefficient (Wildman–Crippen LogP) is 4.20. The smallest absolute Gasteiger partial charge is 0.337 e. The molecule has 0 saturated heterocycles. The van der Waals surface area contributed by atoms with E-state index < -0.39 is 5.97 Å². The number of hydrogen-bond acceptors (Lipinski definition) is 5. The normalized spacial score (nSPS) is 19.5. The molecule has 2 heterocycles. The Bertz CT molecular complexity index is 953. The van der Waals surface area contributed by atoms with Gasteiger partial charge >= 0.3 is 5.97 Å². The predicted molar refractivity (Wildman–Crippen MR) is 90.0 cm³/mol. The summed E-state index contributed by atoms with van der Waals surface area (Å²) in [5.41, 5.74) is 1.86. The van der Waals surface area contributed by atoms with Crippen LogP contribution in [0.25, 0.3) is 10.2 Å². The standard InChI is InChI=1S/C18H15FN2O2S/c1-9-20-16(12-5-6-24-17(12)21-9)14-8-13(14)11-4-3-10(7-15(11)19)18(22)23-2/h3-7,13-14H,8H2,1-2H3. The summed E-state index contributed by atoms with van der Waals surface area (Å²) in [7, 11) is 1.29. The number of benzene rings is 1. The lowest BCUT2D eigenvalue weighted by molar-refractivity contribution is 0.0600. The molecule has 1 aromatic carbocycles. The summed E-state index contributed by atoms with van der Waals surface area (Å²) < 4.78 is 19.1. The third kappa shape index (κ3) is 2.47. The summed E-state index contributed by atoms with van der Waals surface area (Å²) in [6.07, 6.45) is 0.857. The van der Waals surface area contributed by atoms with Gasteiger partial charge in [0.2, 0.25) is 0 Å². The first-order valence-corrected chi connectivity index (χ1v) is 8.56. The molecule has 0 N–H and O–H groups in total. The highest BCUT2D eigenvalue weighted by Gasteiger charge is 2.43. The van der Waals surface area contributed by atoms with Gasteiger partial charge in [-0.2, -0.15) is 0 Å². The number of halogens is 1. The van der Waals surface area contributed by atoms with Crippen molar-refractivity contribution in [2.45, 2.75) is 25.2 Å². The number of aryl methyl sites for hydroxylation is 1. The molecular weight excluding hydrogens is 327 g/mol. The second-order valence-electron chi connectivity index (χ2n) is 5.97. The molecule has 2 aromatic heterocycles. The first-order valence-electron chi connectivity index (χ1n) is 7.68. The van der Waals surface area contributed by atoms with Crippen LogP contribution in [0.15, 0.2) is 29.6 Å². The number of aromatic nitrogens is 2. The van der Waals surface area contributed by atoms with Crippen molar-refractivity contribution in [1.29, 1.82) is 0 Å². The highest BCUT2D eigenvalue weighted by molar-refractivity contribution is 7.16. The van der Waals surface area contributed by atoms with E-state index in [9.17, 15) is 9.18 Å². The van der Waals surface area contributed by atoms with Crippen molar-refractivity contribution < 1.29 is 13.9 Å². The number of thiophene rings is 1. The van der Waals surface area contributed by atoms with Crippen molar-refractivity contribution in [2.75, 3.05) is 7.11 Å². The molecule has 1 aliphatic carbocycles. The van der Waals surface area contributed by atoms with Crippen LogP contribution in [0.1, 0.15) is 45.7 Å². The van der Waals surface area contributed by atoms with Gasteiger partial charge < -0.3 is 4.74 Å².